The number of nitrogens with one attached hydrogen (secondary N) is 1. The van der Waals surface area contributed by atoms with E-state index >= 15 is 0 Å². The number of hydrogen-bond donors (Lipinski definition) is 2. The summed E-state index contributed by atoms with van der Waals surface area (Å²) >= 11 is 1.68. The Kier molecular flexibility index (Phi) is 5.12. The maximum absolute atomic E-state index is 5.80. The second-order valence-electron chi connectivity index (χ2n) is 4.52. The van der Waals surface area contributed by atoms with Gasteiger partial charge in [0.2, 0.25) is 0 Å². The van der Waals surface area contributed by atoms with Crippen molar-refractivity contribution in [1.29, 1.82) is 0 Å². The molecule has 1 aromatic heterocycles. The minimum atomic E-state index is 0.501. The molecule has 0 amide bonds. The Labute approximate surface area is 123 Å². The SMILES string of the molecule is CCCNC(N)=NCc1sc(-c2ccccc2)nc1C. The summed E-state index contributed by atoms with van der Waals surface area (Å²) in [7, 11) is 0. The number of aryl methyl sites for hydroxylation is 1. The molecule has 0 saturated carbocycles. The van der Waals surface area contributed by atoms with Gasteiger partial charge < -0.3 is 11.1 Å². The Morgan fingerprint density at radius 1 is 1.35 bits per heavy atom. The number of guanidine groups is 1. The van der Waals surface area contributed by atoms with E-state index in [0.717, 1.165) is 34.1 Å². The van der Waals surface area contributed by atoms with Crippen molar-refractivity contribution < 1.29 is 0 Å². The number of nitrogens with two attached hydrogens (primary N) is 1. The van der Waals surface area contributed by atoms with Crippen LogP contribution in [0.25, 0.3) is 10.6 Å². The van der Waals surface area contributed by atoms with Crippen molar-refractivity contribution in [3.8, 4) is 10.6 Å². The van der Waals surface area contributed by atoms with Gasteiger partial charge in [-0.25, -0.2) is 9.98 Å². The van der Waals surface area contributed by atoms with Crippen molar-refractivity contribution in [2.45, 2.75) is 26.8 Å². The molecule has 4 nitrogen and oxygen atoms in total. The highest BCUT2D eigenvalue weighted by Crippen LogP contribution is 2.28. The summed E-state index contributed by atoms with van der Waals surface area (Å²) in [6, 6.07) is 10.2. The number of benzene rings is 1. The van der Waals surface area contributed by atoms with Gasteiger partial charge in [-0.05, 0) is 13.3 Å². The van der Waals surface area contributed by atoms with Crippen LogP contribution in [0, 0.1) is 6.92 Å². The number of hydrogen-bond acceptors (Lipinski definition) is 3. The lowest BCUT2D eigenvalue weighted by atomic mass is 10.2. The molecule has 0 aliphatic heterocycles. The standard InChI is InChI=1S/C15H20N4S/c1-3-9-17-15(16)18-10-13-11(2)19-14(20-13)12-7-5-4-6-8-12/h4-8H,3,9-10H2,1-2H3,(H3,16,17,18). The van der Waals surface area contributed by atoms with Gasteiger partial charge in [0, 0.05) is 17.0 Å². The first-order chi connectivity index (χ1) is 9.70. The third-order valence-corrected chi connectivity index (χ3v) is 4.05. The Morgan fingerprint density at radius 2 is 2.10 bits per heavy atom. The van der Waals surface area contributed by atoms with E-state index in [9.17, 15) is 0 Å². The molecule has 0 radical (unpaired) electrons. The van der Waals surface area contributed by atoms with Crippen molar-refractivity contribution in [3.05, 3.63) is 40.9 Å². The number of aliphatic imine (C=N–C) groups is 1. The molecule has 2 aromatic rings. The third-order valence-electron chi connectivity index (χ3n) is 2.86. The molecule has 0 atom stereocenters. The van der Waals surface area contributed by atoms with E-state index in [1.54, 1.807) is 11.3 Å². The first-order valence-corrected chi connectivity index (χ1v) is 7.58. The molecule has 3 N–H and O–H groups in total. The van der Waals surface area contributed by atoms with E-state index in [2.05, 4.69) is 34.3 Å². The van der Waals surface area contributed by atoms with Gasteiger partial charge >= 0.3 is 0 Å². The Bertz CT molecular complexity index is 575. The van der Waals surface area contributed by atoms with Gasteiger partial charge in [-0.1, -0.05) is 37.3 Å². The fourth-order valence-electron chi connectivity index (χ4n) is 1.74. The number of nitrogens with zero attached hydrogens (tertiary/aromatic N) is 2. The normalized spacial score (nSPS) is 11.6. The quantitative estimate of drug-likeness (QED) is 0.657. The van der Waals surface area contributed by atoms with Crippen LogP contribution < -0.4 is 11.1 Å². The third kappa shape index (κ3) is 3.81. The smallest absolute Gasteiger partial charge is 0.188 e. The summed E-state index contributed by atoms with van der Waals surface area (Å²) in [6.45, 7) is 5.55. The minimum Gasteiger partial charge on any atom is -0.370 e. The monoisotopic (exact) mass is 288 g/mol. The topological polar surface area (TPSA) is 63.3 Å². The van der Waals surface area contributed by atoms with E-state index in [0.29, 0.717) is 12.5 Å². The largest absolute Gasteiger partial charge is 0.370 e. The molecule has 20 heavy (non-hydrogen) atoms. The second-order valence-corrected chi connectivity index (χ2v) is 5.61. The lowest BCUT2D eigenvalue weighted by Crippen LogP contribution is -2.32. The molecule has 0 bridgehead atoms. The van der Waals surface area contributed by atoms with Crippen LogP contribution in [0.3, 0.4) is 0 Å². The van der Waals surface area contributed by atoms with Gasteiger partial charge in [-0.3, -0.25) is 0 Å². The van der Waals surface area contributed by atoms with Gasteiger partial charge in [0.1, 0.15) is 5.01 Å². The lowest BCUT2D eigenvalue weighted by Gasteiger charge is -2.02. The molecule has 0 aliphatic rings. The summed E-state index contributed by atoms with van der Waals surface area (Å²) in [4.78, 5) is 10.1. The van der Waals surface area contributed by atoms with Crippen LogP contribution in [0.2, 0.25) is 0 Å². The van der Waals surface area contributed by atoms with E-state index in [1.807, 2.05) is 25.1 Å². The first kappa shape index (κ1) is 14.5. The van der Waals surface area contributed by atoms with Crippen molar-refractivity contribution in [3.63, 3.8) is 0 Å². The molecular weight excluding hydrogens is 268 g/mol. The zero-order chi connectivity index (χ0) is 14.4. The van der Waals surface area contributed by atoms with E-state index in [-0.39, 0.29) is 0 Å². The number of aromatic nitrogens is 1. The highest BCUT2D eigenvalue weighted by atomic mass is 32.1. The lowest BCUT2D eigenvalue weighted by molar-refractivity contribution is 0.826. The molecule has 0 aliphatic carbocycles. The van der Waals surface area contributed by atoms with Crippen LogP contribution in [0.1, 0.15) is 23.9 Å². The summed E-state index contributed by atoms with van der Waals surface area (Å²) in [5.41, 5.74) is 7.97. The van der Waals surface area contributed by atoms with Crippen LogP contribution in [0.5, 0.6) is 0 Å². The Morgan fingerprint density at radius 3 is 2.80 bits per heavy atom. The summed E-state index contributed by atoms with van der Waals surface area (Å²) in [6.07, 6.45) is 1.04. The molecule has 1 aromatic carbocycles. The summed E-state index contributed by atoms with van der Waals surface area (Å²) in [5, 5.41) is 4.11. The van der Waals surface area contributed by atoms with Gasteiger partial charge in [0.05, 0.1) is 12.2 Å². The van der Waals surface area contributed by atoms with Gasteiger partial charge in [0.15, 0.2) is 5.96 Å². The maximum Gasteiger partial charge on any atom is 0.188 e. The maximum atomic E-state index is 5.80. The fourth-order valence-corrected chi connectivity index (χ4v) is 2.74. The van der Waals surface area contributed by atoms with Crippen molar-refractivity contribution in [2.75, 3.05) is 6.54 Å². The molecule has 5 heteroatoms. The molecule has 0 saturated heterocycles. The highest BCUT2D eigenvalue weighted by molar-refractivity contribution is 7.15. The number of thiazole rings is 1. The minimum absolute atomic E-state index is 0.501. The summed E-state index contributed by atoms with van der Waals surface area (Å²) < 4.78 is 0. The predicted molar refractivity (Wildman–Crippen MR) is 85.9 cm³/mol. The van der Waals surface area contributed by atoms with Crippen molar-refractivity contribution in [1.82, 2.24) is 10.3 Å². The van der Waals surface area contributed by atoms with Crippen LogP contribution in [-0.2, 0) is 6.54 Å². The van der Waals surface area contributed by atoms with E-state index < -0.39 is 0 Å². The summed E-state index contributed by atoms with van der Waals surface area (Å²) in [5.74, 6) is 0.501. The van der Waals surface area contributed by atoms with Gasteiger partial charge in [-0.2, -0.15) is 0 Å². The van der Waals surface area contributed by atoms with Gasteiger partial charge in [0.25, 0.3) is 0 Å². The number of rotatable bonds is 5. The average Bonchev–Trinajstić information content (AvgIpc) is 2.85. The molecule has 2 rings (SSSR count). The molecule has 1 heterocycles. The fraction of sp³-hybridized carbons (Fsp3) is 0.333. The van der Waals surface area contributed by atoms with Crippen LogP contribution >= 0.6 is 11.3 Å². The zero-order valence-corrected chi connectivity index (χ0v) is 12.7. The van der Waals surface area contributed by atoms with Crippen LogP contribution in [-0.4, -0.2) is 17.5 Å². The van der Waals surface area contributed by atoms with Crippen LogP contribution in [0.4, 0.5) is 0 Å². The molecular formula is C15H20N4S. The van der Waals surface area contributed by atoms with Crippen LogP contribution in [0.15, 0.2) is 35.3 Å². The van der Waals surface area contributed by atoms with Crippen molar-refractivity contribution in [2.24, 2.45) is 10.7 Å². The molecule has 0 fully saturated rings. The molecule has 106 valence electrons. The highest BCUT2D eigenvalue weighted by Gasteiger charge is 2.08. The molecule has 0 unspecified atom stereocenters. The van der Waals surface area contributed by atoms with E-state index in [1.165, 1.54) is 0 Å². The first-order valence-electron chi connectivity index (χ1n) is 6.76. The Hall–Kier alpha value is -1.88. The van der Waals surface area contributed by atoms with E-state index in [4.69, 9.17) is 5.73 Å². The zero-order valence-electron chi connectivity index (χ0n) is 11.9. The van der Waals surface area contributed by atoms with Gasteiger partial charge in [-0.15, -0.1) is 11.3 Å². The second kappa shape index (κ2) is 7.05. The predicted octanol–water partition coefficient (Wildman–Crippen LogP) is 2.93. The average molecular weight is 288 g/mol. The molecule has 0 spiro atoms. The van der Waals surface area contributed by atoms with Crippen molar-refractivity contribution >= 4 is 17.3 Å². The Balaban J connectivity index is 2.09.